The number of carbonyl (C=O) groups excluding carboxylic acids is 1. The molecular formula is C25H31ClN2O2. The van der Waals surface area contributed by atoms with Gasteiger partial charge in [-0.25, -0.2) is 0 Å². The second-order valence-corrected chi connectivity index (χ2v) is 9.37. The molecule has 4 nitrogen and oxygen atoms in total. The molecule has 2 N–H and O–H groups in total. The van der Waals surface area contributed by atoms with Crippen LogP contribution in [-0.2, 0) is 17.6 Å². The molecule has 1 saturated heterocycles. The Bertz CT molecular complexity index is 894. The number of amides is 1. The number of rotatable bonds is 7. The lowest BCUT2D eigenvalue weighted by molar-refractivity contribution is -0.123. The Morgan fingerprint density at radius 3 is 2.70 bits per heavy atom. The number of halogens is 1. The van der Waals surface area contributed by atoms with E-state index in [4.69, 9.17) is 11.6 Å². The summed E-state index contributed by atoms with van der Waals surface area (Å²) in [6, 6.07) is 13.5. The highest BCUT2D eigenvalue weighted by molar-refractivity contribution is 6.30. The van der Waals surface area contributed by atoms with Crippen molar-refractivity contribution in [2.75, 3.05) is 19.6 Å². The summed E-state index contributed by atoms with van der Waals surface area (Å²) in [4.78, 5) is 15.3. The molecule has 0 bridgehead atoms. The van der Waals surface area contributed by atoms with E-state index in [1.165, 1.54) is 29.5 Å². The van der Waals surface area contributed by atoms with Crippen LogP contribution in [0.1, 0.15) is 47.6 Å². The van der Waals surface area contributed by atoms with Gasteiger partial charge in [0.15, 0.2) is 0 Å². The van der Waals surface area contributed by atoms with Gasteiger partial charge in [-0.3, -0.25) is 4.79 Å². The van der Waals surface area contributed by atoms with E-state index in [0.29, 0.717) is 23.9 Å². The molecule has 1 aliphatic heterocycles. The van der Waals surface area contributed by atoms with E-state index in [2.05, 4.69) is 35.3 Å². The third-order valence-electron chi connectivity index (χ3n) is 6.42. The molecule has 160 valence electrons. The van der Waals surface area contributed by atoms with Gasteiger partial charge in [0.05, 0.1) is 6.04 Å². The van der Waals surface area contributed by atoms with Crippen LogP contribution in [0.15, 0.2) is 42.5 Å². The van der Waals surface area contributed by atoms with Crippen LogP contribution in [0, 0.1) is 12.8 Å². The zero-order valence-corrected chi connectivity index (χ0v) is 18.4. The molecule has 0 aromatic heterocycles. The maximum absolute atomic E-state index is 12.9. The molecule has 1 aliphatic carbocycles. The monoisotopic (exact) mass is 426 g/mol. The third-order valence-corrected chi connectivity index (χ3v) is 6.66. The second-order valence-electron chi connectivity index (χ2n) is 8.93. The molecule has 1 amide bonds. The molecule has 3 atom stereocenters. The molecule has 4 rings (SSSR count). The molecule has 1 fully saturated rings. The van der Waals surface area contributed by atoms with Crippen LogP contribution in [0.3, 0.4) is 0 Å². The van der Waals surface area contributed by atoms with Crippen LogP contribution in [-0.4, -0.2) is 41.6 Å². The molecule has 0 radical (unpaired) electrons. The van der Waals surface area contributed by atoms with E-state index < -0.39 is 6.10 Å². The molecule has 2 aromatic carbocycles. The highest BCUT2D eigenvalue weighted by atomic mass is 35.5. The van der Waals surface area contributed by atoms with E-state index in [0.717, 1.165) is 31.5 Å². The van der Waals surface area contributed by atoms with Gasteiger partial charge in [0.1, 0.15) is 6.10 Å². The molecule has 0 spiro atoms. The van der Waals surface area contributed by atoms with Gasteiger partial charge in [0.2, 0.25) is 5.91 Å². The summed E-state index contributed by atoms with van der Waals surface area (Å²) >= 11 is 6.13. The lowest BCUT2D eigenvalue weighted by Crippen LogP contribution is -2.47. The lowest BCUT2D eigenvalue weighted by atomic mass is 9.99. The van der Waals surface area contributed by atoms with Crippen molar-refractivity contribution < 1.29 is 9.90 Å². The maximum atomic E-state index is 12.9. The number of likely N-dealkylation sites (tertiary alicyclic amines) is 1. The largest absolute Gasteiger partial charge is 0.386 e. The molecule has 1 heterocycles. The zero-order chi connectivity index (χ0) is 21.1. The Hall–Kier alpha value is -1.88. The fraction of sp³-hybridized carbons (Fsp3) is 0.480. The quantitative estimate of drug-likeness (QED) is 0.701. The molecule has 2 aromatic rings. The normalized spacial score (nSPS) is 20.7. The number of carbonyl (C=O) groups is 1. The standard InChI is InChI=1S/C25H31ClN2O2/c1-17-7-8-19-12-18(13-21(19)11-17)14-24(29)27-23(16-28-9-2-3-10-28)25(30)20-5-4-6-22(26)15-20/h4-8,11,15,18,23,25,30H,2-3,9-10,12-14,16H2,1H3,(H,27,29)/t18?,23-,25-/m1/s1. The van der Waals surface area contributed by atoms with Gasteiger partial charge in [-0.2, -0.15) is 0 Å². The molecule has 2 aliphatic rings. The van der Waals surface area contributed by atoms with Gasteiger partial charge in [-0.1, -0.05) is 47.5 Å². The summed E-state index contributed by atoms with van der Waals surface area (Å²) in [6.07, 6.45) is 3.97. The van der Waals surface area contributed by atoms with Crippen molar-refractivity contribution >= 4 is 17.5 Å². The highest BCUT2D eigenvalue weighted by Crippen LogP contribution is 2.30. The fourth-order valence-corrected chi connectivity index (χ4v) is 5.10. The van der Waals surface area contributed by atoms with E-state index >= 15 is 0 Å². The SMILES string of the molecule is Cc1ccc2c(c1)CC(CC(=O)N[C@H](CN1CCCC1)[C@H](O)c1cccc(Cl)c1)C2. The van der Waals surface area contributed by atoms with Crippen molar-refractivity contribution in [1.82, 2.24) is 10.2 Å². The average Bonchev–Trinajstić information content (AvgIpc) is 3.35. The second kappa shape index (κ2) is 9.51. The number of hydrogen-bond donors (Lipinski definition) is 2. The minimum Gasteiger partial charge on any atom is -0.386 e. The first-order valence-electron chi connectivity index (χ1n) is 11.0. The molecule has 1 unspecified atom stereocenters. The first-order valence-corrected chi connectivity index (χ1v) is 11.4. The van der Waals surface area contributed by atoms with Crippen LogP contribution in [0.5, 0.6) is 0 Å². The van der Waals surface area contributed by atoms with Crippen molar-refractivity contribution in [3.8, 4) is 0 Å². The van der Waals surface area contributed by atoms with Crippen molar-refractivity contribution in [1.29, 1.82) is 0 Å². The van der Waals surface area contributed by atoms with Crippen LogP contribution in [0.4, 0.5) is 0 Å². The Morgan fingerprint density at radius 2 is 1.93 bits per heavy atom. The molecule has 30 heavy (non-hydrogen) atoms. The van der Waals surface area contributed by atoms with Crippen LogP contribution in [0.25, 0.3) is 0 Å². The first kappa shape index (κ1) is 21.4. The van der Waals surface area contributed by atoms with Crippen molar-refractivity contribution in [2.45, 2.75) is 51.2 Å². The summed E-state index contributed by atoms with van der Waals surface area (Å²) < 4.78 is 0. The maximum Gasteiger partial charge on any atom is 0.220 e. The topological polar surface area (TPSA) is 52.6 Å². The number of nitrogens with zero attached hydrogens (tertiary/aromatic N) is 1. The van der Waals surface area contributed by atoms with Gasteiger partial charge >= 0.3 is 0 Å². The third kappa shape index (κ3) is 5.23. The number of nitrogens with one attached hydrogen (secondary N) is 1. The van der Waals surface area contributed by atoms with Gasteiger partial charge in [-0.05, 0) is 80.4 Å². The summed E-state index contributed by atoms with van der Waals surface area (Å²) in [6.45, 7) is 4.81. The number of benzene rings is 2. The Kier molecular flexibility index (Phi) is 6.77. The summed E-state index contributed by atoms with van der Waals surface area (Å²) in [7, 11) is 0. The lowest BCUT2D eigenvalue weighted by Gasteiger charge is -2.29. The van der Waals surface area contributed by atoms with E-state index in [1.807, 2.05) is 12.1 Å². The predicted molar refractivity (Wildman–Crippen MR) is 121 cm³/mol. The van der Waals surface area contributed by atoms with Crippen LogP contribution < -0.4 is 5.32 Å². The number of hydrogen-bond acceptors (Lipinski definition) is 3. The molecule has 0 saturated carbocycles. The zero-order valence-electron chi connectivity index (χ0n) is 17.6. The van der Waals surface area contributed by atoms with Crippen molar-refractivity contribution in [2.24, 2.45) is 5.92 Å². The number of fused-ring (bicyclic) bond motifs is 1. The summed E-state index contributed by atoms with van der Waals surface area (Å²) in [5, 5.41) is 14.8. The number of aliphatic hydroxyl groups excluding tert-OH is 1. The van der Waals surface area contributed by atoms with Crippen molar-refractivity contribution in [3.63, 3.8) is 0 Å². The first-order chi connectivity index (χ1) is 14.5. The minimum atomic E-state index is -0.781. The van der Waals surface area contributed by atoms with E-state index in [9.17, 15) is 9.90 Å². The Labute approximate surface area is 184 Å². The van der Waals surface area contributed by atoms with Gasteiger partial charge in [-0.15, -0.1) is 0 Å². The van der Waals surface area contributed by atoms with Crippen molar-refractivity contribution in [3.05, 3.63) is 69.7 Å². The number of aliphatic hydroxyl groups is 1. The van der Waals surface area contributed by atoms with Gasteiger partial charge in [0, 0.05) is 18.0 Å². The summed E-state index contributed by atoms with van der Waals surface area (Å²) in [5.41, 5.74) is 4.76. The summed E-state index contributed by atoms with van der Waals surface area (Å²) in [5.74, 6) is 0.354. The smallest absolute Gasteiger partial charge is 0.220 e. The van der Waals surface area contributed by atoms with E-state index in [-0.39, 0.29) is 11.9 Å². The predicted octanol–water partition coefficient (Wildman–Crippen LogP) is 4.07. The Morgan fingerprint density at radius 1 is 1.17 bits per heavy atom. The van der Waals surface area contributed by atoms with Gasteiger partial charge < -0.3 is 15.3 Å². The van der Waals surface area contributed by atoms with Crippen LogP contribution in [0.2, 0.25) is 5.02 Å². The molecular weight excluding hydrogens is 396 g/mol. The molecule has 5 heteroatoms. The van der Waals surface area contributed by atoms with E-state index in [1.54, 1.807) is 12.1 Å². The highest BCUT2D eigenvalue weighted by Gasteiger charge is 2.29. The number of aryl methyl sites for hydroxylation is 1. The average molecular weight is 427 g/mol. The Balaban J connectivity index is 1.41. The van der Waals surface area contributed by atoms with Crippen LogP contribution >= 0.6 is 11.6 Å². The minimum absolute atomic E-state index is 0.0230. The van der Waals surface area contributed by atoms with Gasteiger partial charge in [0.25, 0.3) is 0 Å². The fourth-order valence-electron chi connectivity index (χ4n) is 4.90.